The van der Waals surface area contributed by atoms with Gasteiger partial charge in [-0.2, -0.15) is 0 Å². The van der Waals surface area contributed by atoms with Crippen LogP contribution in [-0.4, -0.2) is 47.9 Å². The van der Waals surface area contributed by atoms with E-state index in [-0.39, 0.29) is 30.2 Å². The van der Waals surface area contributed by atoms with Crippen molar-refractivity contribution in [2.45, 2.75) is 0 Å². The Morgan fingerprint density at radius 2 is 1.95 bits per heavy atom. The summed E-state index contributed by atoms with van der Waals surface area (Å²) in [5.74, 6) is -1.49. The SMILES string of the molecule is COc1ccc(C(=O)N2CC(=O)NC(=O)C2)cc1O. The molecule has 100 valence electrons. The second kappa shape index (κ2) is 4.97. The molecule has 0 bridgehead atoms. The molecule has 0 aromatic heterocycles. The van der Waals surface area contributed by atoms with E-state index in [1.54, 1.807) is 0 Å². The molecule has 1 saturated heterocycles. The van der Waals surface area contributed by atoms with E-state index in [1.165, 1.54) is 25.3 Å². The van der Waals surface area contributed by atoms with Crippen LogP contribution in [0.25, 0.3) is 0 Å². The molecule has 0 saturated carbocycles. The van der Waals surface area contributed by atoms with Gasteiger partial charge in [0.05, 0.1) is 7.11 Å². The fraction of sp³-hybridized carbons (Fsp3) is 0.250. The number of amides is 3. The van der Waals surface area contributed by atoms with Gasteiger partial charge < -0.3 is 14.7 Å². The molecule has 2 rings (SSSR count). The smallest absolute Gasteiger partial charge is 0.254 e. The molecule has 0 atom stereocenters. The highest BCUT2D eigenvalue weighted by Crippen LogP contribution is 2.26. The maximum Gasteiger partial charge on any atom is 0.254 e. The lowest BCUT2D eigenvalue weighted by atomic mass is 10.1. The predicted molar refractivity (Wildman–Crippen MR) is 63.7 cm³/mol. The fourth-order valence-electron chi connectivity index (χ4n) is 1.79. The lowest BCUT2D eigenvalue weighted by Gasteiger charge is -2.25. The summed E-state index contributed by atoms with van der Waals surface area (Å²) < 4.78 is 4.87. The second-order valence-corrected chi connectivity index (χ2v) is 4.02. The highest BCUT2D eigenvalue weighted by atomic mass is 16.5. The fourth-order valence-corrected chi connectivity index (χ4v) is 1.79. The van der Waals surface area contributed by atoms with Crippen LogP contribution in [0.4, 0.5) is 0 Å². The number of hydrogen-bond acceptors (Lipinski definition) is 5. The van der Waals surface area contributed by atoms with E-state index in [9.17, 15) is 19.5 Å². The zero-order valence-electron chi connectivity index (χ0n) is 10.2. The van der Waals surface area contributed by atoms with Crippen molar-refractivity contribution < 1.29 is 24.2 Å². The lowest BCUT2D eigenvalue weighted by Crippen LogP contribution is -2.53. The minimum Gasteiger partial charge on any atom is -0.504 e. The number of nitrogens with zero attached hydrogens (tertiary/aromatic N) is 1. The number of carbonyl (C=O) groups is 3. The number of hydrogen-bond donors (Lipinski definition) is 2. The topological polar surface area (TPSA) is 95.9 Å². The Labute approximate surface area is 108 Å². The van der Waals surface area contributed by atoms with Crippen molar-refractivity contribution >= 4 is 17.7 Å². The van der Waals surface area contributed by atoms with Gasteiger partial charge in [0.1, 0.15) is 13.1 Å². The van der Waals surface area contributed by atoms with Gasteiger partial charge in [-0.25, -0.2) is 0 Å². The van der Waals surface area contributed by atoms with Crippen LogP contribution in [0.5, 0.6) is 11.5 Å². The van der Waals surface area contributed by atoms with Crippen LogP contribution in [0.3, 0.4) is 0 Å². The second-order valence-electron chi connectivity index (χ2n) is 4.02. The largest absolute Gasteiger partial charge is 0.504 e. The maximum atomic E-state index is 12.1. The first-order valence-electron chi connectivity index (χ1n) is 5.50. The molecule has 0 radical (unpaired) electrons. The summed E-state index contributed by atoms with van der Waals surface area (Å²) in [5.41, 5.74) is 0.181. The van der Waals surface area contributed by atoms with Gasteiger partial charge >= 0.3 is 0 Å². The molecule has 1 aromatic carbocycles. The number of piperazine rings is 1. The summed E-state index contributed by atoms with van der Waals surface area (Å²) in [4.78, 5) is 35.6. The van der Waals surface area contributed by atoms with E-state index in [0.29, 0.717) is 0 Å². The molecule has 1 heterocycles. The summed E-state index contributed by atoms with van der Waals surface area (Å²) in [6.07, 6.45) is 0. The highest BCUT2D eigenvalue weighted by molar-refractivity contribution is 6.05. The summed E-state index contributed by atoms with van der Waals surface area (Å²) >= 11 is 0. The molecule has 1 fully saturated rings. The van der Waals surface area contributed by atoms with E-state index in [0.717, 1.165) is 4.90 Å². The van der Waals surface area contributed by atoms with E-state index in [2.05, 4.69) is 5.32 Å². The minimum absolute atomic E-state index is 0.180. The van der Waals surface area contributed by atoms with Crippen molar-refractivity contribution in [1.29, 1.82) is 0 Å². The van der Waals surface area contributed by atoms with E-state index in [1.807, 2.05) is 0 Å². The lowest BCUT2D eigenvalue weighted by molar-refractivity contribution is -0.135. The third-order valence-electron chi connectivity index (χ3n) is 2.66. The quantitative estimate of drug-likeness (QED) is 0.702. The van der Waals surface area contributed by atoms with Gasteiger partial charge in [0, 0.05) is 5.56 Å². The molecule has 7 heteroatoms. The molecule has 19 heavy (non-hydrogen) atoms. The van der Waals surface area contributed by atoms with Crippen LogP contribution >= 0.6 is 0 Å². The van der Waals surface area contributed by atoms with Crippen LogP contribution in [0.15, 0.2) is 18.2 Å². The Balaban J connectivity index is 2.21. The summed E-state index contributed by atoms with van der Waals surface area (Å²) in [6.45, 7) is -0.366. The number of imide groups is 1. The predicted octanol–water partition coefficient (Wildman–Crippen LogP) is -0.501. The zero-order valence-corrected chi connectivity index (χ0v) is 10.2. The van der Waals surface area contributed by atoms with Crippen LogP contribution in [0.2, 0.25) is 0 Å². The normalized spacial score (nSPS) is 15.1. The molecule has 3 amide bonds. The molecule has 7 nitrogen and oxygen atoms in total. The van der Waals surface area contributed by atoms with Crippen molar-refractivity contribution in [2.24, 2.45) is 0 Å². The first kappa shape index (κ1) is 12.9. The van der Waals surface area contributed by atoms with Crippen LogP contribution < -0.4 is 10.1 Å². The highest BCUT2D eigenvalue weighted by Gasteiger charge is 2.27. The van der Waals surface area contributed by atoms with Crippen LogP contribution in [0.1, 0.15) is 10.4 Å². The molecule has 2 N–H and O–H groups in total. The van der Waals surface area contributed by atoms with Crippen molar-refractivity contribution in [2.75, 3.05) is 20.2 Å². The summed E-state index contributed by atoms with van der Waals surface area (Å²) in [7, 11) is 1.39. The number of nitrogens with one attached hydrogen (secondary N) is 1. The van der Waals surface area contributed by atoms with Gasteiger partial charge in [-0.3, -0.25) is 19.7 Å². The molecule has 1 aliphatic rings. The molecule has 0 spiro atoms. The van der Waals surface area contributed by atoms with E-state index >= 15 is 0 Å². The number of phenols is 1. The standard InChI is InChI=1S/C12H12N2O5/c1-19-9-3-2-7(4-8(9)15)12(18)14-5-10(16)13-11(17)6-14/h2-4,15H,5-6H2,1H3,(H,13,16,17). The number of phenolic OH excluding ortho intramolecular Hbond substituents is 1. The molecular weight excluding hydrogens is 252 g/mol. The first-order valence-corrected chi connectivity index (χ1v) is 5.50. The Bertz CT molecular complexity index is 539. The van der Waals surface area contributed by atoms with Crippen molar-refractivity contribution in [3.05, 3.63) is 23.8 Å². The van der Waals surface area contributed by atoms with Crippen molar-refractivity contribution in [3.8, 4) is 11.5 Å². The average Bonchev–Trinajstić information content (AvgIpc) is 2.36. The number of methoxy groups -OCH3 is 1. The summed E-state index contributed by atoms with van der Waals surface area (Å²) in [5, 5.41) is 11.7. The Hall–Kier alpha value is -2.57. The number of carbonyl (C=O) groups excluding carboxylic acids is 3. The Kier molecular flexibility index (Phi) is 3.37. The van der Waals surface area contributed by atoms with Gasteiger partial charge in [-0.1, -0.05) is 0 Å². The molecule has 1 aliphatic heterocycles. The van der Waals surface area contributed by atoms with E-state index < -0.39 is 17.7 Å². The average molecular weight is 264 g/mol. The van der Waals surface area contributed by atoms with Gasteiger partial charge in [-0.05, 0) is 18.2 Å². The molecule has 0 unspecified atom stereocenters. The van der Waals surface area contributed by atoms with Crippen LogP contribution in [-0.2, 0) is 9.59 Å². The van der Waals surface area contributed by atoms with Crippen molar-refractivity contribution in [1.82, 2.24) is 10.2 Å². The van der Waals surface area contributed by atoms with Crippen LogP contribution in [0, 0.1) is 0 Å². The number of rotatable bonds is 2. The number of aromatic hydroxyl groups is 1. The third kappa shape index (κ3) is 2.65. The van der Waals surface area contributed by atoms with E-state index in [4.69, 9.17) is 4.74 Å². The monoisotopic (exact) mass is 264 g/mol. The first-order chi connectivity index (χ1) is 9.01. The molecule has 1 aromatic rings. The van der Waals surface area contributed by atoms with Gasteiger partial charge in [-0.15, -0.1) is 0 Å². The van der Waals surface area contributed by atoms with Gasteiger partial charge in [0.15, 0.2) is 11.5 Å². The maximum absolute atomic E-state index is 12.1. The molecular formula is C12H12N2O5. The van der Waals surface area contributed by atoms with Gasteiger partial charge in [0.2, 0.25) is 11.8 Å². The van der Waals surface area contributed by atoms with Gasteiger partial charge in [0.25, 0.3) is 5.91 Å². The number of benzene rings is 1. The third-order valence-corrected chi connectivity index (χ3v) is 2.66. The summed E-state index contributed by atoms with van der Waals surface area (Å²) in [6, 6.07) is 4.13. The minimum atomic E-state index is -0.526. The number of ether oxygens (including phenoxy) is 1. The Morgan fingerprint density at radius 1 is 1.32 bits per heavy atom. The Morgan fingerprint density at radius 3 is 2.47 bits per heavy atom. The molecule has 0 aliphatic carbocycles. The van der Waals surface area contributed by atoms with Crippen molar-refractivity contribution in [3.63, 3.8) is 0 Å². The zero-order chi connectivity index (χ0) is 14.0.